The van der Waals surface area contributed by atoms with Crippen LogP contribution in [0.5, 0.6) is 0 Å². The van der Waals surface area contributed by atoms with Crippen LogP contribution < -0.4 is 5.32 Å². The summed E-state index contributed by atoms with van der Waals surface area (Å²) in [5, 5.41) is 2.56. The molecule has 0 radical (unpaired) electrons. The SMILES string of the molecule is CNC(=O)CCCCC(=O)c1ccccc1. The molecule has 1 aromatic rings. The lowest BCUT2D eigenvalue weighted by Crippen LogP contribution is -2.17. The van der Waals surface area contributed by atoms with Crippen LogP contribution in [0.3, 0.4) is 0 Å². The molecule has 0 spiro atoms. The van der Waals surface area contributed by atoms with Crippen molar-refractivity contribution in [3.8, 4) is 0 Å². The number of benzene rings is 1. The van der Waals surface area contributed by atoms with Crippen LogP contribution in [-0.2, 0) is 4.79 Å². The molecule has 0 aliphatic heterocycles. The molecule has 1 N–H and O–H groups in total. The number of carbonyl (C=O) groups is 2. The van der Waals surface area contributed by atoms with Gasteiger partial charge in [0.05, 0.1) is 0 Å². The molecule has 0 saturated carbocycles. The number of hydrogen-bond acceptors (Lipinski definition) is 2. The molecule has 0 aliphatic carbocycles. The van der Waals surface area contributed by atoms with E-state index in [0.29, 0.717) is 12.8 Å². The molecular weight excluding hydrogens is 202 g/mol. The van der Waals surface area contributed by atoms with Crippen LogP contribution in [0.4, 0.5) is 0 Å². The summed E-state index contributed by atoms with van der Waals surface area (Å²) in [5.41, 5.74) is 0.752. The molecule has 0 unspecified atom stereocenters. The number of unbranched alkanes of at least 4 members (excludes halogenated alkanes) is 1. The van der Waals surface area contributed by atoms with Gasteiger partial charge >= 0.3 is 0 Å². The van der Waals surface area contributed by atoms with E-state index >= 15 is 0 Å². The first-order chi connectivity index (χ1) is 7.74. The summed E-state index contributed by atoms with van der Waals surface area (Å²) in [7, 11) is 1.62. The quantitative estimate of drug-likeness (QED) is 0.588. The van der Waals surface area contributed by atoms with Crippen LogP contribution in [0.2, 0.25) is 0 Å². The Kier molecular flexibility index (Phi) is 5.26. The van der Waals surface area contributed by atoms with E-state index in [1.807, 2.05) is 30.3 Å². The maximum atomic E-state index is 11.7. The average Bonchev–Trinajstić information content (AvgIpc) is 2.35. The van der Waals surface area contributed by atoms with Gasteiger partial charge in [-0.05, 0) is 12.8 Å². The van der Waals surface area contributed by atoms with Crippen LogP contribution >= 0.6 is 0 Å². The van der Waals surface area contributed by atoms with Crippen molar-refractivity contribution in [2.45, 2.75) is 25.7 Å². The highest BCUT2D eigenvalue weighted by atomic mass is 16.1. The number of Topliss-reactive ketones (excluding diaryl/α,β-unsaturated/α-hetero) is 1. The highest BCUT2D eigenvalue weighted by Gasteiger charge is 2.05. The normalized spacial score (nSPS) is 9.81. The van der Waals surface area contributed by atoms with Crippen molar-refractivity contribution in [3.05, 3.63) is 35.9 Å². The smallest absolute Gasteiger partial charge is 0.219 e. The van der Waals surface area contributed by atoms with Crippen molar-refractivity contribution in [1.82, 2.24) is 5.32 Å². The maximum Gasteiger partial charge on any atom is 0.219 e. The largest absolute Gasteiger partial charge is 0.359 e. The van der Waals surface area contributed by atoms with Crippen molar-refractivity contribution in [2.24, 2.45) is 0 Å². The van der Waals surface area contributed by atoms with Gasteiger partial charge in [0.25, 0.3) is 0 Å². The zero-order chi connectivity index (χ0) is 11.8. The minimum Gasteiger partial charge on any atom is -0.359 e. The van der Waals surface area contributed by atoms with Gasteiger partial charge < -0.3 is 5.32 Å². The van der Waals surface area contributed by atoms with E-state index in [2.05, 4.69) is 5.32 Å². The average molecular weight is 219 g/mol. The van der Waals surface area contributed by atoms with Gasteiger partial charge in [0.15, 0.2) is 5.78 Å². The van der Waals surface area contributed by atoms with Crippen molar-refractivity contribution < 1.29 is 9.59 Å². The molecule has 1 rings (SSSR count). The second kappa shape index (κ2) is 6.77. The minimum atomic E-state index is 0.0344. The molecule has 0 atom stereocenters. The van der Waals surface area contributed by atoms with E-state index in [1.165, 1.54) is 0 Å². The van der Waals surface area contributed by atoms with Crippen molar-refractivity contribution in [3.63, 3.8) is 0 Å². The van der Waals surface area contributed by atoms with Gasteiger partial charge in [-0.15, -0.1) is 0 Å². The van der Waals surface area contributed by atoms with Crippen LogP contribution in [-0.4, -0.2) is 18.7 Å². The number of hydrogen-bond donors (Lipinski definition) is 1. The second-order valence-electron chi connectivity index (χ2n) is 3.67. The second-order valence-corrected chi connectivity index (χ2v) is 3.67. The molecule has 3 heteroatoms. The molecular formula is C13H17NO2. The number of nitrogens with one attached hydrogen (secondary N) is 1. The Balaban J connectivity index is 2.24. The Hall–Kier alpha value is -1.64. The number of ketones is 1. The lowest BCUT2D eigenvalue weighted by Gasteiger charge is -2.01. The molecule has 1 amide bonds. The summed E-state index contributed by atoms with van der Waals surface area (Å²) in [4.78, 5) is 22.6. The summed E-state index contributed by atoms with van der Waals surface area (Å²) in [6.07, 6.45) is 2.54. The van der Waals surface area contributed by atoms with E-state index < -0.39 is 0 Å². The molecule has 0 saturated heterocycles. The van der Waals surface area contributed by atoms with Crippen LogP contribution in [0.1, 0.15) is 36.0 Å². The number of rotatable bonds is 6. The topological polar surface area (TPSA) is 46.2 Å². The third kappa shape index (κ3) is 4.26. The summed E-state index contributed by atoms with van der Waals surface area (Å²) in [6, 6.07) is 9.25. The standard InChI is InChI=1S/C13H17NO2/c1-14-13(16)10-6-5-9-12(15)11-7-3-2-4-8-11/h2-4,7-8H,5-6,9-10H2,1H3,(H,14,16). The summed E-state index contributed by atoms with van der Waals surface area (Å²) in [5.74, 6) is 0.185. The molecule has 0 bridgehead atoms. The highest BCUT2D eigenvalue weighted by Crippen LogP contribution is 2.07. The molecule has 16 heavy (non-hydrogen) atoms. The zero-order valence-electron chi connectivity index (χ0n) is 9.53. The van der Waals surface area contributed by atoms with Crippen molar-refractivity contribution in [2.75, 3.05) is 7.05 Å². The van der Waals surface area contributed by atoms with E-state index in [4.69, 9.17) is 0 Å². The third-order valence-electron chi connectivity index (χ3n) is 2.43. The Morgan fingerprint density at radius 3 is 2.31 bits per heavy atom. The Morgan fingerprint density at radius 2 is 1.69 bits per heavy atom. The summed E-state index contributed by atoms with van der Waals surface area (Å²) < 4.78 is 0. The Bertz CT molecular complexity index is 346. The molecule has 86 valence electrons. The van der Waals surface area contributed by atoms with Gasteiger partial charge in [-0.25, -0.2) is 0 Å². The maximum absolute atomic E-state index is 11.7. The van der Waals surface area contributed by atoms with Gasteiger partial charge in [-0.3, -0.25) is 9.59 Å². The Morgan fingerprint density at radius 1 is 1.06 bits per heavy atom. The number of amides is 1. The molecule has 3 nitrogen and oxygen atoms in total. The van der Waals surface area contributed by atoms with Crippen molar-refractivity contribution in [1.29, 1.82) is 0 Å². The molecule has 0 aliphatic rings. The molecule has 1 aromatic carbocycles. The van der Waals surface area contributed by atoms with E-state index in [9.17, 15) is 9.59 Å². The monoisotopic (exact) mass is 219 g/mol. The van der Waals surface area contributed by atoms with E-state index in [0.717, 1.165) is 18.4 Å². The summed E-state index contributed by atoms with van der Waals surface area (Å²) in [6.45, 7) is 0. The van der Waals surface area contributed by atoms with Crippen LogP contribution in [0.15, 0.2) is 30.3 Å². The fourth-order valence-corrected chi connectivity index (χ4v) is 1.46. The minimum absolute atomic E-state index is 0.0344. The van der Waals surface area contributed by atoms with Crippen LogP contribution in [0, 0.1) is 0 Å². The van der Waals surface area contributed by atoms with Gasteiger partial charge in [0.1, 0.15) is 0 Å². The van der Waals surface area contributed by atoms with E-state index in [1.54, 1.807) is 7.05 Å². The lowest BCUT2D eigenvalue weighted by atomic mass is 10.0. The number of carbonyl (C=O) groups excluding carboxylic acids is 2. The highest BCUT2D eigenvalue weighted by molar-refractivity contribution is 5.95. The summed E-state index contributed by atoms with van der Waals surface area (Å²) >= 11 is 0. The Labute approximate surface area is 95.9 Å². The third-order valence-corrected chi connectivity index (χ3v) is 2.43. The first-order valence-electron chi connectivity index (χ1n) is 5.53. The predicted molar refractivity (Wildman–Crippen MR) is 63.3 cm³/mol. The van der Waals surface area contributed by atoms with Gasteiger partial charge in [0.2, 0.25) is 5.91 Å². The van der Waals surface area contributed by atoms with Crippen molar-refractivity contribution >= 4 is 11.7 Å². The molecule has 0 fully saturated rings. The first-order valence-corrected chi connectivity index (χ1v) is 5.53. The lowest BCUT2D eigenvalue weighted by molar-refractivity contribution is -0.120. The fraction of sp³-hybridized carbons (Fsp3) is 0.385. The van der Waals surface area contributed by atoms with Gasteiger partial charge in [-0.2, -0.15) is 0 Å². The van der Waals surface area contributed by atoms with E-state index in [-0.39, 0.29) is 11.7 Å². The molecule has 0 heterocycles. The zero-order valence-corrected chi connectivity index (χ0v) is 9.53. The molecule has 0 aromatic heterocycles. The van der Waals surface area contributed by atoms with Gasteiger partial charge in [-0.1, -0.05) is 30.3 Å². The first kappa shape index (κ1) is 12.4. The van der Waals surface area contributed by atoms with Crippen LogP contribution in [0.25, 0.3) is 0 Å². The van der Waals surface area contributed by atoms with Gasteiger partial charge in [0, 0.05) is 25.5 Å². The predicted octanol–water partition coefficient (Wildman–Crippen LogP) is 2.18. The fourth-order valence-electron chi connectivity index (χ4n) is 1.46.